The van der Waals surface area contributed by atoms with Crippen molar-refractivity contribution < 1.29 is 13.2 Å². The van der Waals surface area contributed by atoms with Crippen molar-refractivity contribution in [2.75, 3.05) is 6.54 Å². The Bertz CT molecular complexity index is 542. The molecule has 3 fully saturated rings. The van der Waals surface area contributed by atoms with E-state index in [4.69, 9.17) is 0 Å². The van der Waals surface area contributed by atoms with Gasteiger partial charge in [-0.2, -0.15) is 4.31 Å². The lowest BCUT2D eigenvalue weighted by Crippen LogP contribution is -2.67. The normalized spacial score (nSPS) is 34.2. The molecule has 0 radical (unpaired) electrons. The molecule has 2 unspecified atom stereocenters. The Morgan fingerprint density at radius 1 is 0.913 bits per heavy atom. The summed E-state index contributed by atoms with van der Waals surface area (Å²) < 4.78 is 28.3. The molecule has 3 aliphatic rings. The van der Waals surface area contributed by atoms with Crippen LogP contribution in [0.1, 0.15) is 71.6 Å². The Morgan fingerprint density at radius 2 is 1.48 bits per heavy atom. The molecule has 5 nitrogen and oxygen atoms in total. The second-order valence-electron chi connectivity index (χ2n) is 7.57. The monoisotopic (exact) mass is 342 g/mol. The van der Waals surface area contributed by atoms with E-state index in [2.05, 4.69) is 0 Å². The largest absolute Gasteiger partial charge is 0.334 e. The summed E-state index contributed by atoms with van der Waals surface area (Å²) in [6.45, 7) is 4.09. The third-order valence-corrected chi connectivity index (χ3v) is 8.39. The highest BCUT2D eigenvalue weighted by molar-refractivity contribution is 7.89. The molecule has 0 aromatic heterocycles. The lowest BCUT2D eigenvalue weighted by Gasteiger charge is -2.52. The van der Waals surface area contributed by atoms with Gasteiger partial charge in [0.15, 0.2) is 0 Å². The van der Waals surface area contributed by atoms with E-state index >= 15 is 0 Å². The predicted octanol–water partition coefficient (Wildman–Crippen LogP) is 2.51. The highest BCUT2D eigenvalue weighted by Gasteiger charge is 2.48. The maximum Gasteiger partial charge on any atom is 0.220 e. The third kappa shape index (κ3) is 3.16. The molecule has 1 aliphatic heterocycles. The van der Waals surface area contributed by atoms with Crippen molar-refractivity contribution in [3.05, 3.63) is 0 Å². The van der Waals surface area contributed by atoms with E-state index in [0.717, 1.165) is 57.8 Å². The summed E-state index contributed by atoms with van der Waals surface area (Å²) in [4.78, 5) is 14.0. The Hall–Kier alpha value is -0.620. The third-order valence-electron chi connectivity index (χ3n) is 6.00. The number of hydrogen-bond donors (Lipinski definition) is 0. The standard InChI is InChI=1S/C17H30N2O3S/c1-13-12-18(23(21,22)15-8-4-3-5-9-15)16-10-6-7-11-17(16)19(13)14(2)20/h13,15-17H,3-12H2,1-2H3/t13-,16?,17?/m0/s1. The van der Waals surface area contributed by atoms with Gasteiger partial charge in [0, 0.05) is 31.6 Å². The van der Waals surface area contributed by atoms with Crippen LogP contribution in [0.4, 0.5) is 0 Å². The molecule has 1 saturated heterocycles. The molecule has 0 aromatic rings. The van der Waals surface area contributed by atoms with Gasteiger partial charge in [0.2, 0.25) is 15.9 Å². The summed E-state index contributed by atoms with van der Waals surface area (Å²) in [5.41, 5.74) is 0. The summed E-state index contributed by atoms with van der Waals surface area (Å²) in [5, 5.41) is -0.199. The molecule has 1 heterocycles. The van der Waals surface area contributed by atoms with Crippen LogP contribution in [0.3, 0.4) is 0 Å². The summed E-state index contributed by atoms with van der Waals surface area (Å²) >= 11 is 0. The molecule has 6 heteroatoms. The highest BCUT2D eigenvalue weighted by atomic mass is 32.2. The summed E-state index contributed by atoms with van der Waals surface area (Å²) in [6.07, 6.45) is 8.82. The lowest BCUT2D eigenvalue weighted by atomic mass is 9.86. The molecule has 23 heavy (non-hydrogen) atoms. The highest BCUT2D eigenvalue weighted by Crippen LogP contribution is 2.37. The van der Waals surface area contributed by atoms with Gasteiger partial charge in [-0.05, 0) is 32.6 Å². The predicted molar refractivity (Wildman–Crippen MR) is 90.5 cm³/mol. The van der Waals surface area contributed by atoms with Gasteiger partial charge < -0.3 is 4.90 Å². The minimum absolute atomic E-state index is 0.00391. The Balaban J connectivity index is 1.88. The molecular formula is C17H30N2O3S. The van der Waals surface area contributed by atoms with Crippen molar-refractivity contribution in [1.29, 1.82) is 0 Å². The van der Waals surface area contributed by atoms with Crippen molar-refractivity contribution in [2.45, 2.75) is 95.0 Å². The Labute approximate surface area is 140 Å². The number of hydrogen-bond acceptors (Lipinski definition) is 3. The molecule has 0 aromatic carbocycles. The van der Waals surface area contributed by atoms with Gasteiger partial charge in [-0.25, -0.2) is 8.42 Å². The number of amides is 1. The van der Waals surface area contributed by atoms with Gasteiger partial charge >= 0.3 is 0 Å². The quantitative estimate of drug-likeness (QED) is 0.775. The van der Waals surface area contributed by atoms with E-state index in [1.807, 2.05) is 11.8 Å². The molecule has 2 saturated carbocycles. The average Bonchev–Trinajstić information content (AvgIpc) is 2.54. The van der Waals surface area contributed by atoms with Crippen LogP contribution in [-0.2, 0) is 14.8 Å². The zero-order valence-electron chi connectivity index (χ0n) is 14.4. The van der Waals surface area contributed by atoms with E-state index < -0.39 is 10.0 Å². The first-order valence-electron chi connectivity index (χ1n) is 9.22. The number of carbonyl (C=O) groups excluding carboxylic acids is 1. The fourth-order valence-electron chi connectivity index (χ4n) is 4.95. The van der Waals surface area contributed by atoms with Gasteiger partial charge in [0.1, 0.15) is 0 Å². The van der Waals surface area contributed by atoms with Crippen molar-refractivity contribution in [1.82, 2.24) is 9.21 Å². The fraction of sp³-hybridized carbons (Fsp3) is 0.941. The van der Waals surface area contributed by atoms with Gasteiger partial charge in [-0.1, -0.05) is 32.1 Å². The van der Waals surface area contributed by atoms with Crippen LogP contribution in [0.25, 0.3) is 0 Å². The van der Waals surface area contributed by atoms with E-state index in [9.17, 15) is 13.2 Å². The Kier molecular flexibility index (Phi) is 5.02. The van der Waals surface area contributed by atoms with E-state index in [0.29, 0.717) is 6.54 Å². The van der Waals surface area contributed by atoms with Crippen LogP contribution in [0.5, 0.6) is 0 Å². The first-order valence-corrected chi connectivity index (χ1v) is 10.7. The van der Waals surface area contributed by atoms with Gasteiger partial charge in [-0.15, -0.1) is 0 Å². The van der Waals surface area contributed by atoms with Crippen LogP contribution in [0, 0.1) is 0 Å². The van der Waals surface area contributed by atoms with E-state index in [-0.39, 0.29) is 29.3 Å². The van der Waals surface area contributed by atoms with Gasteiger partial charge in [-0.3, -0.25) is 4.79 Å². The number of fused-ring (bicyclic) bond motifs is 1. The summed E-state index contributed by atoms with van der Waals surface area (Å²) in [5.74, 6) is 0.0871. The van der Waals surface area contributed by atoms with Crippen LogP contribution in [0.2, 0.25) is 0 Å². The average molecular weight is 343 g/mol. The molecule has 3 rings (SSSR count). The molecule has 132 valence electrons. The molecule has 3 atom stereocenters. The molecule has 1 amide bonds. The minimum Gasteiger partial charge on any atom is -0.334 e. The minimum atomic E-state index is -3.24. The first-order chi connectivity index (χ1) is 10.9. The number of rotatable bonds is 2. The number of carbonyl (C=O) groups is 1. The lowest BCUT2D eigenvalue weighted by molar-refractivity contribution is -0.139. The van der Waals surface area contributed by atoms with Gasteiger partial charge in [0.05, 0.1) is 5.25 Å². The molecule has 0 N–H and O–H groups in total. The summed E-state index contributed by atoms with van der Waals surface area (Å²) in [7, 11) is -3.24. The first kappa shape index (κ1) is 17.2. The Morgan fingerprint density at radius 3 is 2.09 bits per heavy atom. The zero-order valence-corrected chi connectivity index (χ0v) is 15.2. The maximum atomic E-state index is 13.2. The fourth-order valence-corrected chi connectivity index (χ4v) is 7.31. The number of nitrogens with zero attached hydrogens (tertiary/aromatic N) is 2. The van der Waals surface area contributed by atoms with Crippen LogP contribution in [0.15, 0.2) is 0 Å². The number of sulfonamides is 1. The van der Waals surface area contributed by atoms with Crippen LogP contribution in [-0.4, -0.2) is 53.5 Å². The molecule has 2 aliphatic carbocycles. The van der Waals surface area contributed by atoms with Gasteiger partial charge in [0.25, 0.3) is 0 Å². The van der Waals surface area contributed by atoms with Crippen molar-refractivity contribution in [2.24, 2.45) is 0 Å². The smallest absolute Gasteiger partial charge is 0.220 e. The SMILES string of the molecule is CC(=O)N1C2CCCCC2N(S(=O)(=O)C2CCCCC2)C[C@@H]1C. The van der Waals surface area contributed by atoms with Crippen molar-refractivity contribution >= 4 is 15.9 Å². The zero-order chi connectivity index (χ0) is 16.6. The number of piperazine rings is 1. The second kappa shape index (κ2) is 6.71. The maximum absolute atomic E-state index is 13.2. The summed E-state index contributed by atoms with van der Waals surface area (Å²) in [6, 6.07) is 0.0457. The van der Waals surface area contributed by atoms with E-state index in [1.165, 1.54) is 0 Å². The van der Waals surface area contributed by atoms with Crippen molar-refractivity contribution in [3.8, 4) is 0 Å². The molecule has 0 bridgehead atoms. The molecule has 0 spiro atoms. The van der Waals surface area contributed by atoms with Crippen LogP contribution >= 0.6 is 0 Å². The second-order valence-corrected chi connectivity index (χ2v) is 9.73. The van der Waals surface area contributed by atoms with Crippen molar-refractivity contribution in [3.63, 3.8) is 0 Å². The molecular weight excluding hydrogens is 312 g/mol. The van der Waals surface area contributed by atoms with E-state index in [1.54, 1.807) is 11.2 Å². The van der Waals surface area contributed by atoms with Crippen LogP contribution < -0.4 is 0 Å². The topological polar surface area (TPSA) is 57.7 Å².